The van der Waals surface area contributed by atoms with Crippen LogP contribution in [-0.4, -0.2) is 53.0 Å². The Morgan fingerprint density at radius 2 is 1.74 bits per heavy atom. The number of hydrogen-bond acceptors (Lipinski definition) is 4. The molecular weight excluding hydrogens is 388 g/mol. The zero-order valence-electron chi connectivity index (χ0n) is 19.5. The number of likely N-dealkylation sites (tertiary alicyclic amines) is 1. The lowest BCUT2D eigenvalue weighted by Gasteiger charge is -2.34. The van der Waals surface area contributed by atoms with Crippen LogP contribution in [0.2, 0.25) is 0 Å². The van der Waals surface area contributed by atoms with Crippen LogP contribution in [-0.2, 0) is 9.59 Å². The van der Waals surface area contributed by atoms with Crippen molar-refractivity contribution >= 4 is 17.4 Å². The van der Waals surface area contributed by atoms with Gasteiger partial charge in [-0.2, -0.15) is 0 Å². The number of rotatable bonds is 10. The molecule has 0 bridgehead atoms. The largest absolute Gasteiger partial charge is 0.396 e. The lowest BCUT2D eigenvalue weighted by molar-refractivity contribution is -0.137. The van der Waals surface area contributed by atoms with Crippen molar-refractivity contribution in [2.45, 2.75) is 72.1 Å². The third kappa shape index (κ3) is 5.38. The molecule has 5 heteroatoms. The maximum absolute atomic E-state index is 13.5. The van der Waals surface area contributed by atoms with Crippen molar-refractivity contribution in [1.29, 1.82) is 0 Å². The Bertz CT molecular complexity index is 830. The summed E-state index contributed by atoms with van der Waals surface area (Å²) < 4.78 is 0. The highest BCUT2D eigenvalue weighted by molar-refractivity contribution is 6.35. The molecule has 2 aliphatic rings. The van der Waals surface area contributed by atoms with Crippen LogP contribution >= 0.6 is 0 Å². The van der Waals surface area contributed by atoms with Gasteiger partial charge in [0.15, 0.2) is 0 Å². The number of imide groups is 1. The second-order valence-corrected chi connectivity index (χ2v) is 9.19. The third-order valence-electron chi connectivity index (χ3n) is 6.77. The summed E-state index contributed by atoms with van der Waals surface area (Å²) in [4.78, 5) is 30.4. The van der Waals surface area contributed by atoms with E-state index in [-0.39, 0.29) is 24.3 Å². The second-order valence-electron chi connectivity index (χ2n) is 9.19. The van der Waals surface area contributed by atoms with Crippen LogP contribution in [0, 0.1) is 19.8 Å². The highest BCUT2D eigenvalue weighted by Gasteiger charge is 2.42. The van der Waals surface area contributed by atoms with Crippen LogP contribution < -0.4 is 0 Å². The minimum absolute atomic E-state index is 0.117. The molecule has 1 saturated heterocycles. The first kappa shape index (κ1) is 23.5. The fourth-order valence-corrected chi connectivity index (χ4v) is 4.68. The van der Waals surface area contributed by atoms with E-state index in [1.807, 2.05) is 25.1 Å². The van der Waals surface area contributed by atoms with E-state index >= 15 is 0 Å². The Balaban J connectivity index is 1.85. The standard InChI is InChI=1S/C26H38N2O3/c1-4-5-6-7-8-9-15-28-25(30)23(22-13-12-19(2)20(3)16-22)24(26(28)31)27-14-10-11-21(17-27)18-29/h12-13,16,21,29H,4-11,14-15,17-18H2,1-3H3. The summed E-state index contributed by atoms with van der Waals surface area (Å²) in [6, 6.07) is 6.01. The summed E-state index contributed by atoms with van der Waals surface area (Å²) >= 11 is 0. The first-order valence-corrected chi connectivity index (χ1v) is 12.0. The predicted molar refractivity (Wildman–Crippen MR) is 124 cm³/mol. The van der Waals surface area contributed by atoms with Crippen LogP contribution in [0.4, 0.5) is 0 Å². The van der Waals surface area contributed by atoms with Crippen LogP contribution in [0.3, 0.4) is 0 Å². The number of nitrogens with zero attached hydrogens (tertiary/aromatic N) is 2. The van der Waals surface area contributed by atoms with E-state index in [9.17, 15) is 14.7 Å². The monoisotopic (exact) mass is 426 g/mol. The summed E-state index contributed by atoms with van der Waals surface area (Å²) in [5.41, 5.74) is 4.19. The molecule has 2 heterocycles. The van der Waals surface area contributed by atoms with Crippen LogP contribution in [0.15, 0.2) is 23.9 Å². The Hall–Kier alpha value is -2.14. The van der Waals surface area contributed by atoms with Gasteiger partial charge in [-0.25, -0.2) is 0 Å². The minimum Gasteiger partial charge on any atom is -0.396 e. The lowest BCUT2D eigenvalue weighted by Crippen LogP contribution is -2.40. The van der Waals surface area contributed by atoms with E-state index < -0.39 is 0 Å². The smallest absolute Gasteiger partial charge is 0.277 e. The Labute approximate surface area is 187 Å². The van der Waals surface area contributed by atoms with Crippen LogP contribution in [0.5, 0.6) is 0 Å². The van der Waals surface area contributed by atoms with Gasteiger partial charge in [0.1, 0.15) is 5.70 Å². The molecule has 5 nitrogen and oxygen atoms in total. The minimum atomic E-state index is -0.164. The summed E-state index contributed by atoms with van der Waals surface area (Å²) in [6.07, 6.45) is 8.60. The van der Waals surface area contributed by atoms with Crippen molar-refractivity contribution in [3.05, 3.63) is 40.6 Å². The van der Waals surface area contributed by atoms with Gasteiger partial charge in [0.2, 0.25) is 0 Å². The number of aryl methyl sites for hydroxylation is 2. The quantitative estimate of drug-likeness (QED) is 0.444. The van der Waals surface area contributed by atoms with Gasteiger partial charge in [-0.15, -0.1) is 0 Å². The molecule has 0 aromatic heterocycles. The van der Waals surface area contributed by atoms with Crippen molar-refractivity contribution in [3.63, 3.8) is 0 Å². The van der Waals surface area contributed by atoms with E-state index in [0.717, 1.165) is 49.8 Å². The Morgan fingerprint density at radius 3 is 2.45 bits per heavy atom. The number of aliphatic hydroxyl groups excluding tert-OH is 1. The molecule has 170 valence electrons. The van der Waals surface area contributed by atoms with E-state index in [4.69, 9.17) is 0 Å². The Kier molecular flexibility index (Phi) is 8.30. The van der Waals surface area contributed by atoms with Crippen LogP contribution in [0.1, 0.15) is 75.0 Å². The van der Waals surface area contributed by atoms with Crippen LogP contribution in [0.25, 0.3) is 5.57 Å². The van der Waals surface area contributed by atoms with Crippen molar-refractivity contribution in [2.75, 3.05) is 26.2 Å². The number of amides is 2. The first-order chi connectivity index (χ1) is 15.0. The topological polar surface area (TPSA) is 60.9 Å². The average Bonchev–Trinajstić information content (AvgIpc) is 3.02. The molecule has 0 radical (unpaired) electrons. The summed E-state index contributed by atoms with van der Waals surface area (Å²) in [5.74, 6) is -0.175. The average molecular weight is 427 g/mol. The fraction of sp³-hybridized carbons (Fsp3) is 0.615. The van der Waals surface area contributed by atoms with Gasteiger partial charge in [0, 0.05) is 26.2 Å². The van der Waals surface area contributed by atoms with Gasteiger partial charge >= 0.3 is 0 Å². The number of unbranched alkanes of at least 4 members (excludes halogenated alkanes) is 5. The number of benzene rings is 1. The second kappa shape index (κ2) is 10.9. The van der Waals surface area contributed by atoms with E-state index in [1.165, 1.54) is 29.7 Å². The summed E-state index contributed by atoms with van der Waals surface area (Å²) in [7, 11) is 0. The molecule has 3 rings (SSSR count). The molecular formula is C26H38N2O3. The third-order valence-corrected chi connectivity index (χ3v) is 6.77. The Morgan fingerprint density at radius 1 is 1.00 bits per heavy atom. The molecule has 0 aliphatic carbocycles. The van der Waals surface area contributed by atoms with Gasteiger partial charge in [0.05, 0.1) is 5.57 Å². The number of piperidine rings is 1. The molecule has 31 heavy (non-hydrogen) atoms. The SMILES string of the molecule is CCCCCCCCN1C(=O)C(c2ccc(C)c(C)c2)=C(N2CCCC(CO)C2)C1=O. The number of carbonyl (C=O) groups is 2. The van der Waals surface area contributed by atoms with Gasteiger partial charge in [0.25, 0.3) is 11.8 Å². The maximum Gasteiger partial charge on any atom is 0.277 e. The highest BCUT2D eigenvalue weighted by Crippen LogP contribution is 2.34. The molecule has 1 aromatic rings. The van der Waals surface area contributed by atoms with Crippen molar-refractivity contribution in [2.24, 2.45) is 5.92 Å². The lowest BCUT2D eigenvalue weighted by atomic mass is 9.96. The molecule has 1 N–H and O–H groups in total. The predicted octanol–water partition coefficient (Wildman–Crippen LogP) is 4.45. The number of aliphatic hydroxyl groups is 1. The zero-order valence-corrected chi connectivity index (χ0v) is 19.5. The summed E-state index contributed by atoms with van der Waals surface area (Å²) in [6.45, 7) is 8.28. The van der Waals surface area contributed by atoms with Crippen molar-refractivity contribution in [3.8, 4) is 0 Å². The normalized spacial score (nSPS) is 19.7. The van der Waals surface area contributed by atoms with Gasteiger partial charge < -0.3 is 10.0 Å². The molecule has 1 atom stereocenters. The molecule has 0 spiro atoms. The number of carbonyl (C=O) groups excluding carboxylic acids is 2. The maximum atomic E-state index is 13.5. The van der Waals surface area contributed by atoms with E-state index in [2.05, 4.69) is 18.7 Å². The van der Waals surface area contributed by atoms with Crippen molar-refractivity contribution in [1.82, 2.24) is 9.80 Å². The zero-order chi connectivity index (χ0) is 22.4. The van der Waals surface area contributed by atoms with Crippen molar-refractivity contribution < 1.29 is 14.7 Å². The molecule has 1 unspecified atom stereocenters. The van der Waals surface area contributed by atoms with Gasteiger partial charge in [-0.05, 0) is 55.7 Å². The number of hydrogen-bond donors (Lipinski definition) is 1. The first-order valence-electron chi connectivity index (χ1n) is 12.0. The van der Waals surface area contributed by atoms with E-state index in [1.54, 1.807) is 0 Å². The molecule has 2 aliphatic heterocycles. The fourth-order valence-electron chi connectivity index (χ4n) is 4.68. The van der Waals surface area contributed by atoms with Gasteiger partial charge in [-0.3, -0.25) is 14.5 Å². The molecule has 0 saturated carbocycles. The summed E-state index contributed by atoms with van der Waals surface area (Å²) in [5, 5.41) is 9.67. The van der Waals surface area contributed by atoms with Gasteiger partial charge in [-0.1, -0.05) is 57.2 Å². The molecule has 1 aromatic carbocycles. The highest BCUT2D eigenvalue weighted by atomic mass is 16.3. The molecule has 2 amide bonds. The molecule has 1 fully saturated rings. The van der Waals surface area contributed by atoms with E-state index in [0.29, 0.717) is 24.4 Å².